The summed E-state index contributed by atoms with van der Waals surface area (Å²) in [5.74, 6) is -0.200. The third-order valence-corrected chi connectivity index (χ3v) is 5.87. The van der Waals surface area contributed by atoms with Gasteiger partial charge >= 0.3 is 0 Å². The smallest absolute Gasteiger partial charge is 0.296 e. The number of amides is 1. The van der Waals surface area contributed by atoms with Crippen LogP contribution in [0.5, 0.6) is 0 Å². The summed E-state index contributed by atoms with van der Waals surface area (Å²) in [6.07, 6.45) is 0. The highest BCUT2D eigenvalue weighted by molar-refractivity contribution is 9.10. The van der Waals surface area contributed by atoms with E-state index in [4.69, 9.17) is 4.42 Å². The fourth-order valence-corrected chi connectivity index (χ4v) is 4.30. The van der Waals surface area contributed by atoms with Gasteiger partial charge < -0.3 is 4.42 Å². The minimum absolute atomic E-state index is 0.0588. The van der Waals surface area contributed by atoms with Crippen LogP contribution >= 0.6 is 15.9 Å². The van der Waals surface area contributed by atoms with Crippen molar-refractivity contribution in [2.24, 2.45) is 0 Å². The molecule has 3 heterocycles. The number of anilines is 1. The van der Waals surface area contributed by atoms with Crippen molar-refractivity contribution in [1.82, 2.24) is 4.98 Å². The summed E-state index contributed by atoms with van der Waals surface area (Å²) in [7, 11) is 0. The van der Waals surface area contributed by atoms with Gasteiger partial charge in [-0.05, 0) is 55.0 Å². The molecule has 0 unspecified atom stereocenters. The third-order valence-electron chi connectivity index (χ3n) is 5.37. The Kier molecular flexibility index (Phi) is 4.63. The zero-order valence-electron chi connectivity index (χ0n) is 16.6. The van der Waals surface area contributed by atoms with Crippen LogP contribution in [-0.4, -0.2) is 15.8 Å². The molecule has 0 saturated heterocycles. The van der Waals surface area contributed by atoms with Gasteiger partial charge in [0.25, 0.3) is 11.6 Å². The van der Waals surface area contributed by atoms with Crippen LogP contribution in [0, 0.1) is 17.0 Å². The van der Waals surface area contributed by atoms with E-state index in [0.717, 1.165) is 0 Å². The summed E-state index contributed by atoms with van der Waals surface area (Å²) >= 11 is 3.37. The number of carbonyl (C=O) groups is 1. The molecule has 0 saturated carbocycles. The molecule has 158 valence electrons. The fraction of sp³-hybridized carbons (Fsp3) is 0.0870. The van der Waals surface area contributed by atoms with Crippen LogP contribution in [0.4, 0.5) is 11.5 Å². The first-order chi connectivity index (χ1) is 15.3. The van der Waals surface area contributed by atoms with E-state index in [9.17, 15) is 19.7 Å². The molecule has 0 fully saturated rings. The van der Waals surface area contributed by atoms with Crippen LogP contribution < -0.4 is 10.3 Å². The Morgan fingerprint density at radius 1 is 1.09 bits per heavy atom. The summed E-state index contributed by atoms with van der Waals surface area (Å²) in [6, 6.07) is 15.2. The molecule has 0 bridgehead atoms. The van der Waals surface area contributed by atoms with Crippen molar-refractivity contribution in [1.29, 1.82) is 0 Å². The monoisotopic (exact) mass is 491 g/mol. The van der Waals surface area contributed by atoms with Crippen molar-refractivity contribution < 1.29 is 14.1 Å². The second-order valence-corrected chi connectivity index (χ2v) is 8.29. The lowest BCUT2D eigenvalue weighted by atomic mass is 9.98. The number of hydrogen-bond donors (Lipinski definition) is 0. The highest BCUT2D eigenvalue weighted by Crippen LogP contribution is 2.41. The number of nitro groups is 1. The molecule has 0 spiro atoms. The number of carbonyl (C=O) groups excluding carboxylic acids is 1. The van der Waals surface area contributed by atoms with Crippen LogP contribution in [0.3, 0.4) is 0 Å². The highest BCUT2D eigenvalue weighted by Gasteiger charge is 2.44. The van der Waals surface area contributed by atoms with Gasteiger partial charge in [0.15, 0.2) is 5.43 Å². The van der Waals surface area contributed by atoms with Crippen molar-refractivity contribution in [3.8, 4) is 0 Å². The van der Waals surface area contributed by atoms with Gasteiger partial charge in [0.2, 0.25) is 5.76 Å². The van der Waals surface area contributed by atoms with E-state index >= 15 is 0 Å². The Morgan fingerprint density at radius 3 is 2.53 bits per heavy atom. The maximum Gasteiger partial charge on any atom is 0.296 e. The lowest BCUT2D eigenvalue weighted by molar-refractivity contribution is -0.384. The second-order valence-electron chi connectivity index (χ2n) is 7.38. The first-order valence-corrected chi connectivity index (χ1v) is 10.4. The second kappa shape index (κ2) is 7.38. The molecular formula is C23H14BrN3O5. The lowest BCUT2D eigenvalue weighted by Crippen LogP contribution is -2.30. The fourth-order valence-electron chi connectivity index (χ4n) is 3.94. The minimum atomic E-state index is -0.841. The van der Waals surface area contributed by atoms with Crippen LogP contribution in [-0.2, 0) is 0 Å². The van der Waals surface area contributed by atoms with Crippen LogP contribution in [0.2, 0.25) is 0 Å². The number of nitro benzene ring substituents is 1. The zero-order chi connectivity index (χ0) is 22.6. The SMILES string of the molecule is Cc1cccc(N2C(=O)c3oc4ccc(Br)cc4c(=O)c3[C@H]2c2ccc([N+](=O)[O-])cc2)n1. The van der Waals surface area contributed by atoms with E-state index in [1.807, 2.05) is 0 Å². The number of aromatic nitrogens is 1. The normalized spacial score (nSPS) is 15.2. The summed E-state index contributed by atoms with van der Waals surface area (Å²) in [5, 5.41) is 11.4. The van der Waals surface area contributed by atoms with Crippen molar-refractivity contribution in [3.63, 3.8) is 0 Å². The number of nitrogens with zero attached hydrogens (tertiary/aromatic N) is 3. The van der Waals surface area contributed by atoms with Gasteiger partial charge in [-0.15, -0.1) is 0 Å². The Balaban J connectivity index is 1.80. The van der Waals surface area contributed by atoms with Gasteiger partial charge in [-0.3, -0.25) is 24.6 Å². The minimum Gasteiger partial charge on any atom is -0.450 e. The van der Waals surface area contributed by atoms with Gasteiger partial charge in [-0.1, -0.05) is 22.0 Å². The van der Waals surface area contributed by atoms with Gasteiger partial charge in [0.05, 0.1) is 21.9 Å². The van der Waals surface area contributed by atoms with Gasteiger partial charge in [-0.2, -0.15) is 0 Å². The van der Waals surface area contributed by atoms with Gasteiger partial charge in [0, 0.05) is 22.3 Å². The molecule has 0 aliphatic carbocycles. The Labute approximate surface area is 189 Å². The first-order valence-electron chi connectivity index (χ1n) is 9.63. The Bertz CT molecular complexity index is 1480. The third kappa shape index (κ3) is 3.09. The van der Waals surface area contributed by atoms with Crippen LogP contribution in [0.15, 0.2) is 74.3 Å². The molecule has 9 heteroatoms. The molecule has 1 aliphatic rings. The van der Waals surface area contributed by atoms with E-state index in [-0.39, 0.29) is 22.4 Å². The van der Waals surface area contributed by atoms with E-state index < -0.39 is 16.9 Å². The summed E-state index contributed by atoms with van der Waals surface area (Å²) < 4.78 is 6.60. The summed E-state index contributed by atoms with van der Waals surface area (Å²) in [5.41, 5.74) is 1.28. The summed E-state index contributed by atoms with van der Waals surface area (Å²) in [6.45, 7) is 1.80. The lowest BCUT2D eigenvalue weighted by Gasteiger charge is -2.24. The topological polar surface area (TPSA) is 107 Å². The Hall–Kier alpha value is -3.85. The number of fused-ring (bicyclic) bond motifs is 2. The average Bonchev–Trinajstić information content (AvgIpc) is 3.07. The van der Waals surface area contributed by atoms with Gasteiger partial charge in [0.1, 0.15) is 11.4 Å². The van der Waals surface area contributed by atoms with Crippen molar-refractivity contribution in [2.45, 2.75) is 13.0 Å². The molecule has 2 aromatic carbocycles. The molecule has 0 radical (unpaired) electrons. The van der Waals surface area contributed by atoms with Crippen molar-refractivity contribution in [2.75, 3.05) is 4.90 Å². The van der Waals surface area contributed by atoms with Crippen molar-refractivity contribution >= 4 is 44.3 Å². The molecular weight excluding hydrogens is 478 g/mol. The number of aryl methyl sites for hydroxylation is 1. The molecule has 0 N–H and O–H groups in total. The molecule has 1 aliphatic heterocycles. The Morgan fingerprint density at radius 2 is 1.84 bits per heavy atom. The molecule has 5 rings (SSSR count). The van der Waals surface area contributed by atoms with Crippen molar-refractivity contribution in [3.05, 3.63) is 108 Å². The molecule has 1 atom stereocenters. The zero-order valence-corrected chi connectivity index (χ0v) is 18.2. The molecule has 32 heavy (non-hydrogen) atoms. The first kappa shape index (κ1) is 20.1. The van der Waals surface area contributed by atoms with E-state index in [0.29, 0.717) is 32.5 Å². The van der Waals surface area contributed by atoms with Crippen LogP contribution in [0.25, 0.3) is 11.0 Å². The molecule has 8 nitrogen and oxygen atoms in total. The largest absolute Gasteiger partial charge is 0.450 e. The molecule has 1 amide bonds. The van der Waals surface area contributed by atoms with Crippen LogP contribution in [0.1, 0.15) is 33.4 Å². The average molecular weight is 492 g/mol. The van der Waals surface area contributed by atoms with E-state index in [1.165, 1.54) is 17.0 Å². The van der Waals surface area contributed by atoms with E-state index in [1.54, 1.807) is 55.5 Å². The quantitative estimate of drug-likeness (QED) is 0.297. The number of rotatable bonds is 3. The predicted molar refractivity (Wildman–Crippen MR) is 121 cm³/mol. The standard InChI is InChI=1S/C23H14BrN3O5/c1-12-3-2-4-18(25-12)26-20(13-5-8-15(9-6-13)27(30)31)19-21(28)16-11-14(24)7-10-17(16)32-22(19)23(26)29/h2-11,20H,1H3/t20-/m1/s1. The molecule has 4 aromatic rings. The highest BCUT2D eigenvalue weighted by atomic mass is 79.9. The van der Waals surface area contributed by atoms with E-state index in [2.05, 4.69) is 20.9 Å². The number of benzene rings is 2. The maximum absolute atomic E-state index is 13.5. The number of halogens is 1. The molecule has 2 aromatic heterocycles. The summed E-state index contributed by atoms with van der Waals surface area (Å²) in [4.78, 5) is 43.5. The number of hydrogen-bond acceptors (Lipinski definition) is 6. The number of pyridine rings is 1. The maximum atomic E-state index is 13.5. The van der Waals surface area contributed by atoms with Gasteiger partial charge in [-0.25, -0.2) is 4.98 Å². The predicted octanol–water partition coefficient (Wildman–Crippen LogP) is 4.92. The number of non-ortho nitro benzene ring substituents is 1.